The van der Waals surface area contributed by atoms with Crippen LogP contribution in [0.15, 0.2) is 18.2 Å². The van der Waals surface area contributed by atoms with Crippen LogP contribution in [0.5, 0.6) is 0 Å². The lowest BCUT2D eigenvalue weighted by atomic mass is 9.93. The van der Waals surface area contributed by atoms with Gasteiger partial charge in [-0.3, -0.25) is 20.4 Å². The smallest absolute Gasteiger partial charge is 0.413 e. The Labute approximate surface area is 195 Å². The van der Waals surface area contributed by atoms with Gasteiger partial charge in [0.1, 0.15) is 11.4 Å². The number of amides is 2. The zero-order valence-corrected chi connectivity index (χ0v) is 20.1. The van der Waals surface area contributed by atoms with Crippen molar-refractivity contribution in [3.05, 3.63) is 34.3 Å². The van der Waals surface area contributed by atoms with Crippen molar-refractivity contribution in [2.75, 3.05) is 6.54 Å². The first kappa shape index (κ1) is 24.5. The minimum atomic E-state index is -0.686. The molecule has 2 fully saturated rings. The number of rotatable bonds is 5. The van der Waals surface area contributed by atoms with Crippen molar-refractivity contribution in [1.29, 1.82) is 5.41 Å². The number of hydrogen-bond donors (Lipinski definition) is 3. The molecule has 7 nitrogen and oxygen atoms in total. The molecule has 32 heavy (non-hydrogen) atoms. The molecule has 1 atom stereocenters. The highest BCUT2D eigenvalue weighted by Gasteiger charge is 2.35. The molecule has 1 saturated heterocycles. The summed E-state index contributed by atoms with van der Waals surface area (Å²) in [5.74, 6) is -0.0293. The van der Waals surface area contributed by atoms with Crippen LogP contribution in [0.2, 0.25) is 5.02 Å². The number of alkyl carbamates (subject to hydrolysis) is 1. The summed E-state index contributed by atoms with van der Waals surface area (Å²) >= 11 is 6.41. The SMILES string of the molecule is CC(C)(C)OC(=O)NC(=N)c1ccc(CNC(=O)[C@@H]2CCCN2C2CCCCC2)c(Cl)c1. The number of ether oxygens (including phenoxy) is 1. The Balaban J connectivity index is 1.54. The number of amidine groups is 1. The lowest BCUT2D eigenvalue weighted by molar-refractivity contribution is -0.126. The molecular weight excluding hydrogens is 428 g/mol. The molecule has 1 saturated carbocycles. The van der Waals surface area contributed by atoms with Gasteiger partial charge in [-0.05, 0) is 64.6 Å². The fraction of sp³-hybridized carbons (Fsp3) is 0.625. The Hall–Kier alpha value is -2.12. The van der Waals surface area contributed by atoms with E-state index in [0.717, 1.165) is 24.9 Å². The predicted molar refractivity (Wildman–Crippen MR) is 126 cm³/mol. The Morgan fingerprint density at radius 1 is 1.16 bits per heavy atom. The first-order valence-electron chi connectivity index (χ1n) is 11.5. The predicted octanol–water partition coefficient (Wildman–Crippen LogP) is 4.60. The zero-order valence-electron chi connectivity index (χ0n) is 19.3. The Kier molecular flexibility index (Phi) is 8.17. The standard InChI is InChI=1S/C24H35ClN4O3/c1-24(2,3)32-23(31)28-21(26)16-11-12-17(19(25)14-16)15-27-22(30)20-10-7-13-29(20)18-8-5-4-6-9-18/h11-12,14,18,20H,4-10,13,15H2,1-3H3,(H,27,30)(H2,26,28,31)/t20-/m0/s1. The molecule has 8 heteroatoms. The Morgan fingerprint density at radius 3 is 2.53 bits per heavy atom. The molecule has 1 aliphatic carbocycles. The molecule has 0 spiro atoms. The Morgan fingerprint density at radius 2 is 1.88 bits per heavy atom. The number of hydrogen-bond acceptors (Lipinski definition) is 5. The zero-order chi connectivity index (χ0) is 23.3. The molecule has 3 rings (SSSR count). The van der Waals surface area contributed by atoms with E-state index in [-0.39, 0.29) is 17.8 Å². The summed E-state index contributed by atoms with van der Waals surface area (Å²) in [6.07, 6.45) is 7.50. The van der Waals surface area contributed by atoms with Crippen LogP contribution >= 0.6 is 11.6 Å². The number of likely N-dealkylation sites (tertiary alicyclic amines) is 1. The topological polar surface area (TPSA) is 94.5 Å². The van der Waals surface area contributed by atoms with E-state index in [1.165, 1.54) is 32.1 Å². The maximum atomic E-state index is 12.9. The highest BCUT2D eigenvalue weighted by atomic mass is 35.5. The minimum absolute atomic E-state index is 0.0534. The molecule has 1 aromatic carbocycles. The van der Waals surface area contributed by atoms with Gasteiger partial charge in [0.25, 0.3) is 0 Å². The molecule has 0 bridgehead atoms. The summed E-state index contributed by atoms with van der Waals surface area (Å²) in [7, 11) is 0. The van der Waals surface area contributed by atoms with Crippen molar-refractivity contribution in [2.24, 2.45) is 0 Å². The van der Waals surface area contributed by atoms with Gasteiger partial charge in [0.05, 0.1) is 6.04 Å². The van der Waals surface area contributed by atoms with E-state index in [2.05, 4.69) is 15.5 Å². The first-order chi connectivity index (χ1) is 15.1. The molecular formula is C24H35ClN4O3. The van der Waals surface area contributed by atoms with Gasteiger partial charge in [0, 0.05) is 23.2 Å². The summed E-state index contributed by atoms with van der Waals surface area (Å²) < 4.78 is 5.17. The molecule has 1 heterocycles. The van der Waals surface area contributed by atoms with E-state index in [0.29, 0.717) is 23.2 Å². The van der Waals surface area contributed by atoms with E-state index in [1.54, 1.807) is 39.0 Å². The monoisotopic (exact) mass is 462 g/mol. The summed E-state index contributed by atoms with van der Waals surface area (Å²) in [5, 5.41) is 14.0. The van der Waals surface area contributed by atoms with Gasteiger partial charge in [-0.15, -0.1) is 0 Å². The highest BCUT2D eigenvalue weighted by molar-refractivity contribution is 6.31. The second-order valence-electron chi connectivity index (χ2n) is 9.71. The van der Waals surface area contributed by atoms with Crippen LogP contribution in [0.25, 0.3) is 0 Å². The van der Waals surface area contributed by atoms with Gasteiger partial charge in [0.2, 0.25) is 5.91 Å². The number of carbonyl (C=O) groups is 2. The maximum absolute atomic E-state index is 12.9. The number of nitrogens with one attached hydrogen (secondary N) is 3. The van der Waals surface area contributed by atoms with Gasteiger partial charge in [-0.1, -0.05) is 43.0 Å². The number of benzene rings is 1. The van der Waals surface area contributed by atoms with Crippen LogP contribution < -0.4 is 10.6 Å². The van der Waals surface area contributed by atoms with Crippen molar-refractivity contribution in [3.63, 3.8) is 0 Å². The normalized spacial score (nSPS) is 20.1. The second kappa shape index (κ2) is 10.7. The summed E-state index contributed by atoms with van der Waals surface area (Å²) in [5.41, 5.74) is 0.599. The second-order valence-corrected chi connectivity index (χ2v) is 10.1. The quantitative estimate of drug-likeness (QED) is 0.440. The molecule has 0 radical (unpaired) electrons. The fourth-order valence-electron chi connectivity index (χ4n) is 4.54. The third-order valence-electron chi connectivity index (χ3n) is 6.06. The van der Waals surface area contributed by atoms with E-state index in [4.69, 9.17) is 21.7 Å². The molecule has 176 valence electrons. The summed E-state index contributed by atoms with van der Waals surface area (Å²) in [6, 6.07) is 5.58. The van der Waals surface area contributed by atoms with Gasteiger partial charge in [-0.2, -0.15) is 0 Å². The van der Waals surface area contributed by atoms with Gasteiger partial charge in [-0.25, -0.2) is 4.79 Å². The molecule has 3 N–H and O–H groups in total. The maximum Gasteiger partial charge on any atom is 0.413 e. The van der Waals surface area contributed by atoms with Gasteiger partial charge in [0.15, 0.2) is 0 Å². The van der Waals surface area contributed by atoms with E-state index in [1.807, 2.05) is 0 Å². The average Bonchev–Trinajstić information content (AvgIpc) is 3.22. The van der Waals surface area contributed by atoms with E-state index in [9.17, 15) is 9.59 Å². The van der Waals surface area contributed by atoms with Gasteiger partial charge >= 0.3 is 6.09 Å². The lowest BCUT2D eigenvalue weighted by Crippen LogP contribution is -2.48. The summed E-state index contributed by atoms with van der Waals surface area (Å²) in [6.45, 7) is 6.62. The van der Waals surface area contributed by atoms with Crippen LogP contribution in [0.4, 0.5) is 4.79 Å². The first-order valence-corrected chi connectivity index (χ1v) is 11.9. The lowest BCUT2D eigenvalue weighted by Gasteiger charge is -2.34. The van der Waals surface area contributed by atoms with E-state index < -0.39 is 11.7 Å². The molecule has 1 aromatic rings. The van der Waals surface area contributed by atoms with Crippen LogP contribution in [0, 0.1) is 5.41 Å². The van der Waals surface area contributed by atoms with Crippen LogP contribution in [0.1, 0.15) is 76.8 Å². The molecule has 1 aliphatic heterocycles. The molecule has 2 aliphatic rings. The number of carbonyl (C=O) groups excluding carboxylic acids is 2. The largest absolute Gasteiger partial charge is 0.444 e. The van der Waals surface area contributed by atoms with Crippen molar-refractivity contribution < 1.29 is 14.3 Å². The number of nitrogens with zero attached hydrogens (tertiary/aromatic N) is 1. The molecule has 0 aromatic heterocycles. The van der Waals surface area contributed by atoms with Crippen LogP contribution in [-0.4, -0.2) is 47.0 Å². The molecule has 0 unspecified atom stereocenters. The summed E-state index contributed by atoms with van der Waals surface area (Å²) in [4.78, 5) is 27.2. The van der Waals surface area contributed by atoms with Crippen molar-refractivity contribution in [2.45, 2.75) is 89.9 Å². The van der Waals surface area contributed by atoms with E-state index >= 15 is 0 Å². The van der Waals surface area contributed by atoms with Crippen molar-refractivity contribution in [3.8, 4) is 0 Å². The van der Waals surface area contributed by atoms with Crippen molar-refractivity contribution in [1.82, 2.24) is 15.5 Å². The van der Waals surface area contributed by atoms with Gasteiger partial charge < -0.3 is 10.1 Å². The third-order valence-corrected chi connectivity index (χ3v) is 6.41. The minimum Gasteiger partial charge on any atom is -0.444 e. The third kappa shape index (κ3) is 6.69. The van der Waals surface area contributed by atoms with Crippen molar-refractivity contribution >= 4 is 29.4 Å². The molecule has 2 amide bonds. The highest BCUT2D eigenvalue weighted by Crippen LogP contribution is 2.29. The Bertz CT molecular complexity index is 846. The van der Waals surface area contributed by atoms with Crippen LogP contribution in [-0.2, 0) is 16.1 Å². The fourth-order valence-corrected chi connectivity index (χ4v) is 4.79. The number of halogens is 1. The van der Waals surface area contributed by atoms with Crippen LogP contribution in [0.3, 0.4) is 0 Å². The average molecular weight is 463 g/mol.